The van der Waals surface area contributed by atoms with E-state index in [1.165, 1.54) is 5.56 Å². The van der Waals surface area contributed by atoms with Crippen molar-refractivity contribution in [1.82, 2.24) is 4.90 Å². The van der Waals surface area contributed by atoms with Gasteiger partial charge in [0.05, 0.1) is 6.10 Å². The Balaban J connectivity index is 1.41. The van der Waals surface area contributed by atoms with Crippen molar-refractivity contribution < 1.29 is 14.6 Å². The number of carbonyl (C=O) groups excluding carboxylic acids is 1. The van der Waals surface area contributed by atoms with Gasteiger partial charge in [-0.25, -0.2) is 0 Å². The Labute approximate surface area is 136 Å². The van der Waals surface area contributed by atoms with Crippen LogP contribution < -0.4 is 4.90 Å². The largest absolute Gasteiger partial charge is 0.389 e. The first-order valence-corrected chi connectivity index (χ1v) is 8.60. The van der Waals surface area contributed by atoms with Crippen molar-refractivity contribution in [1.29, 1.82) is 0 Å². The zero-order valence-corrected chi connectivity index (χ0v) is 13.4. The molecule has 1 aromatic carbocycles. The Hall–Kier alpha value is -1.43. The molecule has 4 rings (SSSR count). The molecule has 3 aliphatic rings. The zero-order chi connectivity index (χ0) is 15.9. The summed E-state index contributed by atoms with van der Waals surface area (Å²) in [7, 11) is 0. The van der Waals surface area contributed by atoms with E-state index in [1.54, 1.807) is 0 Å². The highest BCUT2D eigenvalue weighted by molar-refractivity contribution is 5.95. The average Bonchev–Trinajstić information content (AvgIpc) is 3.24. The monoisotopic (exact) mass is 316 g/mol. The molecule has 2 atom stereocenters. The molecule has 1 N–H and O–H groups in total. The number of aliphatic hydroxyl groups excluding tert-OH is 1. The number of amides is 1. The number of ether oxygens (including phenoxy) is 1. The quantitative estimate of drug-likeness (QED) is 0.919. The average molecular weight is 316 g/mol. The van der Waals surface area contributed by atoms with Crippen LogP contribution in [0, 0.1) is 0 Å². The van der Waals surface area contributed by atoms with E-state index in [9.17, 15) is 9.90 Å². The SMILES string of the molecule is O=C1CCCN1c1ccc(CN2C[C@H](O)[C@]3(CCCO3)C2)cc1. The van der Waals surface area contributed by atoms with Gasteiger partial charge in [-0.2, -0.15) is 0 Å². The number of carbonyl (C=O) groups is 1. The molecule has 1 amide bonds. The van der Waals surface area contributed by atoms with Crippen molar-refractivity contribution in [3.8, 4) is 0 Å². The summed E-state index contributed by atoms with van der Waals surface area (Å²) in [6.07, 6.45) is 3.24. The van der Waals surface area contributed by atoms with Crippen LogP contribution in [0.15, 0.2) is 24.3 Å². The van der Waals surface area contributed by atoms with Gasteiger partial charge < -0.3 is 14.7 Å². The lowest BCUT2D eigenvalue weighted by atomic mass is 9.97. The molecule has 23 heavy (non-hydrogen) atoms. The summed E-state index contributed by atoms with van der Waals surface area (Å²) in [6.45, 7) is 3.89. The standard InChI is InChI=1S/C18H24N2O3/c21-16-12-19(13-18(16)8-2-10-23-18)11-14-4-6-15(7-5-14)20-9-1-3-17(20)22/h4-7,16,21H,1-3,8-13H2/t16-,18-/m0/s1. The van der Waals surface area contributed by atoms with E-state index in [-0.39, 0.29) is 17.6 Å². The van der Waals surface area contributed by atoms with E-state index in [4.69, 9.17) is 4.74 Å². The summed E-state index contributed by atoms with van der Waals surface area (Å²) in [5.74, 6) is 0.223. The van der Waals surface area contributed by atoms with Crippen LogP contribution in [-0.4, -0.2) is 53.9 Å². The molecule has 0 radical (unpaired) electrons. The highest BCUT2D eigenvalue weighted by Gasteiger charge is 2.48. The summed E-state index contributed by atoms with van der Waals surface area (Å²) >= 11 is 0. The van der Waals surface area contributed by atoms with Crippen molar-refractivity contribution in [3.05, 3.63) is 29.8 Å². The van der Waals surface area contributed by atoms with Crippen LogP contribution in [0.4, 0.5) is 5.69 Å². The van der Waals surface area contributed by atoms with Crippen LogP contribution in [0.1, 0.15) is 31.2 Å². The topological polar surface area (TPSA) is 53.0 Å². The van der Waals surface area contributed by atoms with Gasteiger partial charge in [0, 0.05) is 44.9 Å². The molecule has 3 saturated heterocycles. The van der Waals surface area contributed by atoms with Crippen molar-refractivity contribution in [2.45, 2.75) is 43.9 Å². The van der Waals surface area contributed by atoms with Gasteiger partial charge >= 0.3 is 0 Å². The maximum atomic E-state index is 11.8. The molecule has 3 aliphatic heterocycles. The second-order valence-corrected chi connectivity index (χ2v) is 7.02. The summed E-state index contributed by atoms with van der Waals surface area (Å²) in [5, 5.41) is 10.3. The van der Waals surface area contributed by atoms with Gasteiger partial charge in [-0.15, -0.1) is 0 Å². The molecule has 0 bridgehead atoms. The number of aliphatic hydroxyl groups is 1. The highest BCUT2D eigenvalue weighted by atomic mass is 16.5. The van der Waals surface area contributed by atoms with Crippen molar-refractivity contribution in [3.63, 3.8) is 0 Å². The molecule has 1 aromatic rings. The molecule has 5 heteroatoms. The number of rotatable bonds is 3. The van der Waals surface area contributed by atoms with Crippen molar-refractivity contribution in [2.75, 3.05) is 31.1 Å². The molecule has 0 unspecified atom stereocenters. The number of likely N-dealkylation sites (tertiary alicyclic amines) is 1. The van der Waals surface area contributed by atoms with Gasteiger partial charge in [0.2, 0.25) is 5.91 Å². The first-order chi connectivity index (χ1) is 11.2. The van der Waals surface area contributed by atoms with Crippen LogP contribution in [0.5, 0.6) is 0 Å². The Bertz CT molecular complexity index is 580. The van der Waals surface area contributed by atoms with Gasteiger partial charge in [0.25, 0.3) is 0 Å². The van der Waals surface area contributed by atoms with E-state index in [2.05, 4.69) is 17.0 Å². The van der Waals surface area contributed by atoms with Crippen LogP contribution in [-0.2, 0) is 16.1 Å². The number of benzene rings is 1. The Morgan fingerprint density at radius 3 is 2.74 bits per heavy atom. The molecule has 124 valence electrons. The van der Waals surface area contributed by atoms with Gasteiger partial charge in [0.1, 0.15) is 5.60 Å². The van der Waals surface area contributed by atoms with Gasteiger partial charge in [-0.1, -0.05) is 12.1 Å². The van der Waals surface area contributed by atoms with Crippen molar-refractivity contribution >= 4 is 11.6 Å². The van der Waals surface area contributed by atoms with E-state index >= 15 is 0 Å². The Morgan fingerprint density at radius 1 is 1.26 bits per heavy atom. The van der Waals surface area contributed by atoms with Gasteiger partial charge in [0.15, 0.2) is 0 Å². The Morgan fingerprint density at radius 2 is 2.09 bits per heavy atom. The second kappa shape index (κ2) is 5.89. The second-order valence-electron chi connectivity index (χ2n) is 7.02. The lowest BCUT2D eigenvalue weighted by molar-refractivity contribution is -0.117. The first-order valence-electron chi connectivity index (χ1n) is 8.60. The number of nitrogens with zero attached hydrogens (tertiary/aromatic N) is 2. The van der Waals surface area contributed by atoms with Gasteiger partial charge in [-0.05, 0) is 37.0 Å². The molecule has 0 saturated carbocycles. The molecule has 3 heterocycles. The molecule has 1 spiro atoms. The third-order valence-electron chi connectivity index (χ3n) is 5.39. The Kier molecular flexibility index (Phi) is 3.87. The third-order valence-corrected chi connectivity index (χ3v) is 5.39. The van der Waals surface area contributed by atoms with Crippen LogP contribution in [0.2, 0.25) is 0 Å². The lowest BCUT2D eigenvalue weighted by Gasteiger charge is -2.25. The first kappa shape index (κ1) is 15.1. The molecule has 0 aromatic heterocycles. The summed E-state index contributed by atoms with van der Waals surface area (Å²) < 4.78 is 5.84. The maximum Gasteiger partial charge on any atom is 0.227 e. The van der Waals surface area contributed by atoms with E-state index in [0.717, 1.165) is 51.2 Å². The minimum absolute atomic E-state index is 0.223. The molecule has 3 fully saturated rings. The summed E-state index contributed by atoms with van der Waals surface area (Å²) in [6, 6.07) is 8.25. The van der Waals surface area contributed by atoms with Crippen LogP contribution in [0.25, 0.3) is 0 Å². The number of hydrogen-bond acceptors (Lipinski definition) is 4. The smallest absolute Gasteiger partial charge is 0.227 e. The number of anilines is 1. The molecular weight excluding hydrogens is 292 g/mol. The predicted octanol–water partition coefficient (Wildman–Crippen LogP) is 1.54. The summed E-state index contributed by atoms with van der Waals surface area (Å²) in [5.41, 5.74) is 1.87. The fourth-order valence-corrected chi connectivity index (χ4v) is 4.15. The molecular formula is C18H24N2O3. The normalized spacial score (nSPS) is 31.6. The number of hydrogen-bond donors (Lipinski definition) is 1. The minimum atomic E-state index is -0.383. The highest BCUT2D eigenvalue weighted by Crippen LogP contribution is 2.35. The lowest BCUT2D eigenvalue weighted by Crippen LogP contribution is -2.40. The fourth-order valence-electron chi connectivity index (χ4n) is 4.15. The maximum absolute atomic E-state index is 11.8. The zero-order valence-electron chi connectivity index (χ0n) is 13.4. The third kappa shape index (κ3) is 2.77. The number of β-amino-alcohol motifs (C(OH)–C–C–N with tert-alkyl or cyclic N) is 1. The van der Waals surface area contributed by atoms with Crippen LogP contribution >= 0.6 is 0 Å². The summed E-state index contributed by atoms with van der Waals surface area (Å²) in [4.78, 5) is 15.9. The molecule has 5 nitrogen and oxygen atoms in total. The van der Waals surface area contributed by atoms with E-state index < -0.39 is 0 Å². The van der Waals surface area contributed by atoms with E-state index in [0.29, 0.717) is 13.0 Å². The van der Waals surface area contributed by atoms with Crippen molar-refractivity contribution in [2.24, 2.45) is 0 Å². The van der Waals surface area contributed by atoms with Crippen LogP contribution in [0.3, 0.4) is 0 Å². The van der Waals surface area contributed by atoms with E-state index in [1.807, 2.05) is 17.0 Å². The minimum Gasteiger partial charge on any atom is -0.389 e. The molecule has 0 aliphatic carbocycles. The van der Waals surface area contributed by atoms with Gasteiger partial charge in [-0.3, -0.25) is 9.69 Å². The predicted molar refractivity (Wildman–Crippen MR) is 87.2 cm³/mol. The fraction of sp³-hybridized carbons (Fsp3) is 0.611.